The first-order valence-electron chi connectivity index (χ1n) is 12.1. The fourth-order valence-electron chi connectivity index (χ4n) is 3.96. The van der Waals surface area contributed by atoms with E-state index in [2.05, 4.69) is 0 Å². The smallest absolute Gasteiger partial charge is 0.215 e. The number of hydrogen-bond acceptors (Lipinski definition) is 6. The lowest BCUT2D eigenvalue weighted by molar-refractivity contribution is -0.113. The van der Waals surface area contributed by atoms with Crippen LogP contribution >= 0.6 is 0 Å². The topological polar surface area (TPSA) is 76.2 Å². The summed E-state index contributed by atoms with van der Waals surface area (Å²) in [6, 6.07) is 6.10. The van der Waals surface area contributed by atoms with Crippen LogP contribution in [0.25, 0.3) is 12.2 Å². The molecule has 1 fully saturated rings. The summed E-state index contributed by atoms with van der Waals surface area (Å²) >= 11 is 0. The second kappa shape index (κ2) is 13.9. The van der Waals surface area contributed by atoms with Crippen LogP contribution in [0.15, 0.2) is 47.5 Å². The molecular weight excluding hydrogens is 540 g/mol. The van der Waals surface area contributed by atoms with E-state index < -0.39 is 39.1 Å². The van der Waals surface area contributed by atoms with Gasteiger partial charge in [0.1, 0.15) is 0 Å². The number of ether oxygens (including phenoxy) is 2. The summed E-state index contributed by atoms with van der Waals surface area (Å²) in [7, 11) is -0.845. The van der Waals surface area contributed by atoms with E-state index in [1.165, 1.54) is 38.5 Å². The van der Waals surface area contributed by atoms with Crippen molar-refractivity contribution in [2.24, 2.45) is 0 Å². The second-order valence-electron chi connectivity index (χ2n) is 8.93. The minimum Gasteiger partial charge on any atom is -0.383 e. The predicted molar refractivity (Wildman–Crippen MR) is 139 cm³/mol. The average molecular weight is 571 g/mol. The van der Waals surface area contributed by atoms with Crippen LogP contribution in [0.5, 0.6) is 0 Å². The highest BCUT2D eigenvalue weighted by Gasteiger charge is 2.33. The van der Waals surface area contributed by atoms with Crippen LogP contribution in [0.4, 0.5) is 17.6 Å². The number of piperidine rings is 1. The van der Waals surface area contributed by atoms with E-state index in [9.17, 15) is 30.8 Å². The second-order valence-corrected chi connectivity index (χ2v) is 11.0. The summed E-state index contributed by atoms with van der Waals surface area (Å²) in [5, 5.41) is 0. The van der Waals surface area contributed by atoms with E-state index in [0.717, 1.165) is 28.6 Å². The first-order valence-corrected chi connectivity index (χ1v) is 13.7. The number of methoxy groups -OCH3 is 2. The Morgan fingerprint density at radius 2 is 1.26 bits per heavy atom. The number of carbonyl (C=O) groups excluding carboxylic acids is 1. The van der Waals surface area contributed by atoms with E-state index in [-0.39, 0.29) is 47.7 Å². The van der Waals surface area contributed by atoms with E-state index in [4.69, 9.17) is 9.47 Å². The van der Waals surface area contributed by atoms with Gasteiger partial charge in [0, 0.05) is 58.1 Å². The van der Waals surface area contributed by atoms with Crippen molar-refractivity contribution in [3.05, 3.63) is 81.9 Å². The monoisotopic (exact) mass is 570 g/mol. The SMILES string of the molecule is COCCN(CCOC)CCS(=O)(=O)N1C/C(=C\c2ccc(F)c(F)c2)C(=O)/C(=C/c2ccc(F)c(F)c2)C1. The minimum absolute atomic E-state index is 0.0142. The van der Waals surface area contributed by atoms with Gasteiger partial charge >= 0.3 is 0 Å². The molecule has 212 valence electrons. The zero-order chi connectivity index (χ0) is 28.6. The highest BCUT2D eigenvalue weighted by molar-refractivity contribution is 7.89. The lowest BCUT2D eigenvalue weighted by Gasteiger charge is -2.30. The molecule has 39 heavy (non-hydrogen) atoms. The van der Waals surface area contributed by atoms with Crippen LogP contribution in [0, 0.1) is 23.3 Å². The maximum absolute atomic E-state index is 13.8. The zero-order valence-electron chi connectivity index (χ0n) is 21.6. The van der Waals surface area contributed by atoms with Crippen molar-refractivity contribution in [2.75, 3.05) is 65.9 Å². The molecule has 0 saturated carbocycles. The Morgan fingerprint density at radius 1 is 0.795 bits per heavy atom. The Hall–Kier alpha value is -2.90. The van der Waals surface area contributed by atoms with E-state index in [0.29, 0.717) is 26.3 Å². The standard InChI is InChI=1S/C27H30F4N2O5S/c1-37-10-7-32(8-11-38-2)9-12-39(35,36)33-17-21(13-19-3-5-23(28)25(30)15-19)27(34)22(18-33)14-20-4-6-24(29)26(31)16-20/h3-6,13-16H,7-12,17-18H2,1-2H3/b21-13+,22-14+. The van der Waals surface area contributed by atoms with Crippen molar-refractivity contribution in [3.63, 3.8) is 0 Å². The van der Waals surface area contributed by atoms with Gasteiger partial charge in [-0.05, 0) is 47.5 Å². The fourth-order valence-corrected chi connectivity index (χ4v) is 5.38. The molecular formula is C27H30F4N2O5S. The first-order chi connectivity index (χ1) is 18.5. The van der Waals surface area contributed by atoms with Gasteiger partial charge in [-0.25, -0.2) is 26.0 Å². The van der Waals surface area contributed by atoms with E-state index in [1.807, 2.05) is 4.90 Å². The van der Waals surface area contributed by atoms with Gasteiger partial charge in [-0.15, -0.1) is 0 Å². The molecule has 0 N–H and O–H groups in total. The maximum Gasteiger partial charge on any atom is 0.215 e. The number of benzene rings is 2. The molecule has 2 aromatic rings. The van der Waals surface area contributed by atoms with Crippen LogP contribution in [-0.4, -0.2) is 89.3 Å². The number of rotatable bonds is 12. The third-order valence-corrected chi connectivity index (χ3v) is 7.87. The summed E-state index contributed by atoms with van der Waals surface area (Å²) in [5.74, 6) is -5.20. The summed E-state index contributed by atoms with van der Waals surface area (Å²) < 4.78 is 92.5. The number of ketones is 1. The fraction of sp³-hybridized carbons (Fsp3) is 0.370. The van der Waals surface area contributed by atoms with Crippen molar-refractivity contribution in [2.45, 2.75) is 0 Å². The van der Waals surface area contributed by atoms with E-state index in [1.54, 1.807) is 0 Å². The van der Waals surface area contributed by atoms with Crippen LogP contribution in [0.2, 0.25) is 0 Å². The zero-order valence-corrected chi connectivity index (χ0v) is 22.4. The van der Waals surface area contributed by atoms with Crippen LogP contribution in [0.1, 0.15) is 11.1 Å². The minimum atomic E-state index is -3.92. The quantitative estimate of drug-likeness (QED) is 0.287. The molecule has 12 heteroatoms. The Kier molecular flexibility index (Phi) is 11.0. The molecule has 7 nitrogen and oxygen atoms in total. The Morgan fingerprint density at radius 3 is 1.67 bits per heavy atom. The van der Waals surface area contributed by atoms with Crippen LogP contribution in [-0.2, 0) is 24.3 Å². The lowest BCUT2D eigenvalue weighted by Crippen LogP contribution is -2.45. The van der Waals surface area contributed by atoms with Crippen molar-refractivity contribution in [1.29, 1.82) is 0 Å². The third-order valence-electron chi connectivity index (χ3n) is 6.13. The number of sulfonamides is 1. The molecule has 0 bridgehead atoms. The molecule has 0 radical (unpaired) electrons. The predicted octanol–water partition coefficient (Wildman–Crippen LogP) is 3.52. The van der Waals surface area contributed by atoms with Crippen molar-refractivity contribution in [3.8, 4) is 0 Å². The van der Waals surface area contributed by atoms with E-state index >= 15 is 0 Å². The summed E-state index contributed by atoms with van der Waals surface area (Å²) in [6.07, 6.45) is 2.57. The van der Waals surface area contributed by atoms with Gasteiger partial charge in [0.2, 0.25) is 10.0 Å². The molecule has 1 aliphatic heterocycles. The highest BCUT2D eigenvalue weighted by atomic mass is 32.2. The molecule has 3 rings (SSSR count). The molecule has 0 atom stereocenters. The Bertz CT molecular complexity index is 1270. The lowest BCUT2D eigenvalue weighted by atomic mass is 9.95. The number of nitrogens with zero attached hydrogens (tertiary/aromatic N) is 2. The van der Waals surface area contributed by atoms with Crippen LogP contribution in [0.3, 0.4) is 0 Å². The van der Waals surface area contributed by atoms with Crippen molar-refractivity contribution in [1.82, 2.24) is 9.21 Å². The molecule has 0 spiro atoms. The van der Waals surface area contributed by atoms with Gasteiger partial charge in [0.15, 0.2) is 29.1 Å². The molecule has 1 aliphatic rings. The molecule has 0 aromatic heterocycles. The maximum atomic E-state index is 13.8. The summed E-state index contributed by atoms with van der Waals surface area (Å²) in [6.45, 7) is 1.32. The van der Waals surface area contributed by atoms with Gasteiger partial charge in [-0.3, -0.25) is 9.69 Å². The largest absolute Gasteiger partial charge is 0.383 e. The third kappa shape index (κ3) is 8.54. The molecule has 1 saturated heterocycles. The van der Waals surface area contributed by atoms with Crippen molar-refractivity contribution < 1.29 is 40.2 Å². The number of halogens is 4. The summed E-state index contributed by atoms with van der Waals surface area (Å²) in [5.41, 5.74) is 0.350. The average Bonchev–Trinajstić information content (AvgIpc) is 2.90. The number of Topliss-reactive ketones (excluding diaryl/α,β-unsaturated/α-hetero) is 1. The van der Waals surface area contributed by atoms with Gasteiger partial charge in [0.25, 0.3) is 0 Å². The van der Waals surface area contributed by atoms with Crippen LogP contribution < -0.4 is 0 Å². The molecule has 0 amide bonds. The van der Waals surface area contributed by atoms with Crippen molar-refractivity contribution >= 4 is 28.0 Å². The normalized spacial score (nSPS) is 17.1. The molecule has 0 aliphatic carbocycles. The first kappa shape index (κ1) is 30.6. The number of carbonyl (C=O) groups is 1. The van der Waals surface area contributed by atoms with Gasteiger partial charge in [-0.2, -0.15) is 4.31 Å². The number of hydrogen-bond donors (Lipinski definition) is 0. The molecule has 2 aromatic carbocycles. The Balaban J connectivity index is 1.94. The molecule has 1 heterocycles. The highest BCUT2D eigenvalue weighted by Crippen LogP contribution is 2.25. The molecule has 0 unspecified atom stereocenters. The Labute approximate surface area is 225 Å². The van der Waals surface area contributed by atoms with Gasteiger partial charge < -0.3 is 9.47 Å². The van der Waals surface area contributed by atoms with Gasteiger partial charge in [-0.1, -0.05) is 12.1 Å². The summed E-state index contributed by atoms with van der Waals surface area (Å²) in [4.78, 5) is 15.2. The van der Waals surface area contributed by atoms with Gasteiger partial charge in [0.05, 0.1) is 19.0 Å².